The van der Waals surface area contributed by atoms with Crippen LogP contribution >= 0.6 is 0 Å². The van der Waals surface area contributed by atoms with Crippen molar-refractivity contribution in [2.45, 2.75) is 102 Å². The lowest BCUT2D eigenvalue weighted by molar-refractivity contribution is 0.00792. The molecule has 1 unspecified atom stereocenters. The number of imidazole rings is 1. The van der Waals surface area contributed by atoms with Crippen LogP contribution in [0.4, 0.5) is 0 Å². The van der Waals surface area contributed by atoms with Crippen LogP contribution < -0.4 is 0 Å². The van der Waals surface area contributed by atoms with Crippen LogP contribution in [0.3, 0.4) is 0 Å². The van der Waals surface area contributed by atoms with Gasteiger partial charge in [0.05, 0.1) is 11.0 Å². The largest absolute Gasteiger partial charge is 0.339 e. The minimum atomic E-state index is 0.113. The molecule has 3 fully saturated rings. The summed E-state index contributed by atoms with van der Waals surface area (Å²) in [5, 5.41) is 0. The van der Waals surface area contributed by atoms with Crippen molar-refractivity contribution in [3.05, 3.63) is 101 Å². The van der Waals surface area contributed by atoms with E-state index < -0.39 is 0 Å². The highest BCUT2D eigenvalue weighted by Crippen LogP contribution is 2.44. The van der Waals surface area contributed by atoms with Crippen molar-refractivity contribution in [3.63, 3.8) is 0 Å². The van der Waals surface area contributed by atoms with Crippen LogP contribution in [0, 0.1) is 6.92 Å². The van der Waals surface area contributed by atoms with Crippen LogP contribution in [0.25, 0.3) is 11.0 Å². The highest BCUT2D eigenvalue weighted by atomic mass is 16.2. The number of para-hydroxylation sites is 2. The number of nitrogens with zero attached hydrogens (tertiary/aromatic N) is 4. The molecule has 4 aromatic rings. The summed E-state index contributed by atoms with van der Waals surface area (Å²) in [6, 6.07) is 29.9. The monoisotopic (exact) mass is 588 g/mol. The zero-order valence-corrected chi connectivity index (χ0v) is 26.8. The Hall–Kier alpha value is -3.44. The van der Waals surface area contributed by atoms with Crippen molar-refractivity contribution in [1.82, 2.24) is 19.4 Å². The van der Waals surface area contributed by atoms with E-state index >= 15 is 0 Å². The highest BCUT2D eigenvalue weighted by molar-refractivity contribution is 5.94. The summed E-state index contributed by atoms with van der Waals surface area (Å²) in [6.45, 7) is 9.36. The molecule has 3 saturated heterocycles. The predicted octanol–water partition coefficient (Wildman–Crippen LogP) is 8.29. The van der Waals surface area contributed by atoms with Crippen LogP contribution in [0.5, 0.6) is 0 Å². The third-order valence-electron chi connectivity index (χ3n) is 11.3. The first kappa shape index (κ1) is 29.3. The van der Waals surface area contributed by atoms with Gasteiger partial charge in [-0.25, -0.2) is 4.98 Å². The number of aromatic nitrogens is 2. The number of carbonyl (C=O) groups is 1. The lowest BCUT2D eigenvalue weighted by atomic mass is 9.69. The van der Waals surface area contributed by atoms with Crippen molar-refractivity contribution >= 4 is 16.9 Å². The topological polar surface area (TPSA) is 41.4 Å². The number of carbonyl (C=O) groups excluding carboxylic acids is 1. The Balaban J connectivity index is 1.06. The van der Waals surface area contributed by atoms with Gasteiger partial charge in [0.1, 0.15) is 5.82 Å². The number of amides is 1. The molecule has 3 aromatic carbocycles. The van der Waals surface area contributed by atoms with E-state index in [4.69, 9.17) is 4.98 Å². The van der Waals surface area contributed by atoms with Crippen molar-refractivity contribution in [3.8, 4) is 0 Å². The summed E-state index contributed by atoms with van der Waals surface area (Å²) in [5.74, 6) is 1.81. The third kappa shape index (κ3) is 5.49. The molecule has 3 aliphatic heterocycles. The second kappa shape index (κ2) is 12.2. The Morgan fingerprint density at radius 1 is 0.864 bits per heavy atom. The van der Waals surface area contributed by atoms with Gasteiger partial charge in [0, 0.05) is 36.8 Å². The number of aryl methyl sites for hydroxylation is 1. The standard InChI is InChI=1S/C39H48N4O/c1-28(2)30-16-18-31(19-17-30)38(44)41-23-20-39(21-24-41,32-10-5-4-6-11-32)22-25-42-33-12-9-13-34(42)27-35(26-33)43-29(3)40-36-14-7-8-15-37(36)43/h4-8,10-11,14-19,28,33-35H,9,12-13,20-27H2,1-3H3/t33-,34+,35?. The van der Waals surface area contributed by atoms with Gasteiger partial charge in [-0.1, -0.05) is 74.9 Å². The Labute approximate surface area is 263 Å². The van der Waals surface area contributed by atoms with Crippen molar-refractivity contribution in [1.29, 1.82) is 0 Å². The van der Waals surface area contributed by atoms with Crippen LogP contribution in [-0.2, 0) is 5.41 Å². The molecule has 0 N–H and O–H groups in total. The molecule has 2 bridgehead atoms. The molecular weight excluding hydrogens is 540 g/mol. The van der Waals surface area contributed by atoms with Gasteiger partial charge in [-0.3, -0.25) is 9.69 Å². The second-order valence-corrected chi connectivity index (χ2v) is 14.1. The normalized spacial score (nSPS) is 23.7. The second-order valence-electron chi connectivity index (χ2n) is 14.1. The lowest BCUT2D eigenvalue weighted by Gasteiger charge is -2.51. The van der Waals surface area contributed by atoms with Gasteiger partial charge in [0.2, 0.25) is 0 Å². The molecule has 5 nitrogen and oxygen atoms in total. The molecule has 4 heterocycles. The van der Waals surface area contributed by atoms with Gasteiger partial charge >= 0.3 is 0 Å². The Morgan fingerprint density at radius 2 is 1.52 bits per heavy atom. The van der Waals surface area contributed by atoms with Gasteiger partial charge in [-0.05, 0) is 105 Å². The minimum Gasteiger partial charge on any atom is -0.339 e. The molecule has 3 aliphatic rings. The zero-order chi connectivity index (χ0) is 30.3. The van der Waals surface area contributed by atoms with Gasteiger partial charge in [-0.2, -0.15) is 0 Å². The van der Waals surface area contributed by atoms with E-state index in [2.05, 4.69) is 102 Å². The van der Waals surface area contributed by atoms with E-state index in [1.54, 1.807) is 0 Å². The van der Waals surface area contributed by atoms with Crippen molar-refractivity contribution in [2.75, 3.05) is 19.6 Å². The summed E-state index contributed by atoms with van der Waals surface area (Å²) in [6.07, 6.45) is 9.59. The number of likely N-dealkylation sites (tertiary alicyclic amines) is 1. The molecule has 0 saturated carbocycles. The Morgan fingerprint density at radius 3 is 2.20 bits per heavy atom. The van der Waals surface area contributed by atoms with E-state index in [1.807, 2.05) is 12.1 Å². The van der Waals surface area contributed by atoms with Gasteiger partial charge in [0.25, 0.3) is 5.91 Å². The van der Waals surface area contributed by atoms with E-state index in [-0.39, 0.29) is 11.3 Å². The Kier molecular flexibility index (Phi) is 8.09. The van der Waals surface area contributed by atoms with E-state index in [0.717, 1.165) is 55.8 Å². The molecular formula is C39H48N4O. The lowest BCUT2D eigenvalue weighted by Crippen LogP contribution is -2.54. The first-order chi connectivity index (χ1) is 21.4. The van der Waals surface area contributed by atoms with E-state index in [1.165, 1.54) is 48.7 Å². The predicted molar refractivity (Wildman–Crippen MR) is 179 cm³/mol. The van der Waals surface area contributed by atoms with Crippen LogP contribution in [0.2, 0.25) is 0 Å². The van der Waals surface area contributed by atoms with E-state index in [0.29, 0.717) is 24.0 Å². The number of rotatable bonds is 7. The number of hydrogen-bond donors (Lipinski definition) is 0. The summed E-state index contributed by atoms with van der Waals surface area (Å²) in [5.41, 5.74) is 6.08. The first-order valence-corrected chi connectivity index (χ1v) is 17.1. The Bertz CT molecular complexity index is 1570. The molecule has 44 heavy (non-hydrogen) atoms. The number of benzene rings is 3. The van der Waals surface area contributed by atoms with Crippen molar-refractivity contribution < 1.29 is 4.79 Å². The summed E-state index contributed by atoms with van der Waals surface area (Å²) in [7, 11) is 0. The number of piperidine rings is 3. The van der Waals surface area contributed by atoms with Gasteiger partial charge in [0.15, 0.2) is 0 Å². The maximum absolute atomic E-state index is 13.5. The average Bonchev–Trinajstić information content (AvgIpc) is 3.39. The van der Waals surface area contributed by atoms with Gasteiger partial charge < -0.3 is 9.47 Å². The molecule has 230 valence electrons. The maximum atomic E-state index is 13.5. The summed E-state index contributed by atoms with van der Waals surface area (Å²) >= 11 is 0. The summed E-state index contributed by atoms with van der Waals surface area (Å²) in [4.78, 5) is 23.4. The fourth-order valence-electron chi connectivity index (χ4n) is 8.80. The molecule has 7 rings (SSSR count). The highest BCUT2D eigenvalue weighted by Gasteiger charge is 2.42. The quantitative estimate of drug-likeness (QED) is 0.218. The third-order valence-corrected chi connectivity index (χ3v) is 11.3. The molecule has 0 aliphatic carbocycles. The molecule has 5 heteroatoms. The van der Waals surface area contributed by atoms with Crippen LogP contribution in [-0.4, -0.2) is 57.0 Å². The first-order valence-electron chi connectivity index (χ1n) is 17.1. The maximum Gasteiger partial charge on any atom is 0.253 e. The molecule has 0 radical (unpaired) electrons. The smallest absolute Gasteiger partial charge is 0.253 e. The molecule has 0 spiro atoms. The molecule has 1 amide bonds. The van der Waals surface area contributed by atoms with Crippen LogP contribution in [0.1, 0.15) is 104 Å². The SMILES string of the molecule is Cc1nc2ccccc2n1C1C[C@H]2CCC[C@@H](C1)N2CCC1(c2ccccc2)CCN(C(=O)c2ccc(C(C)C)cc2)CC1. The van der Waals surface area contributed by atoms with Gasteiger partial charge in [-0.15, -0.1) is 0 Å². The summed E-state index contributed by atoms with van der Waals surface area (Å²) < 4.78 is 2.55. The van der Waals surface area contributed by atoms with Crippen LogP contribution in [0.15, 0.2) is 78.9 Å². The van der Waals surface area contributed by atoms with E-state index in [9.17, 15) is 4.79 Å². The zero-order valence-electron chi connectivity index (χ0n) is 26.8. The average molecular weight is 589 g/mol. The van der Waals surface area contributed by atoms with Crippen molar-refractivity contribution in [2.24, 2.45) is 0 Å². The molecule has 3 atom stereocenters. The molecule has 1 aromatic heterocycles. The number of hydrogen-bond acceptors (Lipinski definition) is 3. The number of fused-ring (bicyclic) bond motifs is 3. The minimum absolute atomic E-state index is 0.113. The fourth-order valence-corrected chi connectivity index (χ4v) is 8.80. The fraction of sp³-hybridized carbons (Fsp3) is 0.487.